The highest BCUT2D eigenvalue weighted by molar-refractivity contribution is 4.51. The second kappa shape index (κ2) is 984. The van der Waals surface area contributed by atoms with Crippen LogP contribution in [0.5, 0.6) is 0 Å². The molecule has 0 saturated heterocycles. The summed E-state index contributed by atoms with van der Waals surface area (Å²) in [4.78, 5) is 0. The summed E-state index contributed by atoms with van der Waals surface area (Å²) in [6.45, 7) is 11.2. The lowest BCUT2D eigenvalue weighted by molar-refractivity contribution is 0.399. The van der Waals surface area contributed by atoms with Gasteiger partial charge in [-0.1, -0.05) is 13.5 Å². The maximum atomic E-state index is 7.00. The summed E-state index contributed by atoms with van der Waals surface area (Å²) in [5.74, 6) is 0. The molecule has 0 heterocycles. The van der Waals surface area contributed by atoms with Gasteiger partial charge in [-0.25, -0.2) is 0 Å². The third kappa shape index (κ3) is 342. The summed E-state index contributed by atoms with van der Waals surface area (Å²) in [5, 5.41) is 7.00. The topological polar surface area (TPSA) is 20.2 Å². The minimum Gasteiger partial charge on any atom is -0.400 e. The van der Waals surface area contributed by atoms with E-state index in [1.807, 2.05) is 6.92 Å². The molecule has 0 aromatic heterocycles. The number of hydrogen-bond donors (Lipinski definition) is 1. The van der Waals surface area contributed by atoms with Crippen molar-refractivity contribution in [3.63, 3.8) is 0 Å². The van der Waals surface area contributed by atoms with Crippen LogP contribution in [0, 0.1) is 0 Å². The Morgan fingerprint density at radius 1 is 1.25 bits per heavy atom. The molecule has 0 aromatic rings. The van der Waals surface area contributed by atoms with Crippen molar-refractivity contribution in [3.8, 4) is 0 Å². The van der Waals surface area contributed by atoms with Crippen LogP contribution in [0.25, 0.3) is 0 Å². The molecule has 0 atom stereocenters. The summed E-state index contributed by atoms with van der Waals surface area (Å²) in [6.07, 6.45) is 1.75. The molecule has 0 amide bonds. The molecule has 0 unspecified atom stereocenters. The Balaban J connectivity index is -0.0000000147. The van der Waals surface area contributed by atoms with E-state index in [1.54, 1.807) is 6.08 Å². The van der Waals surface area contributed by atoms with E-state index in [2.05, 4.69) is 19.7 Å². The second-order valence-electron chi connectivity index (χ2n) is 0.408. The lowest BCUT2D eigenvalue weighted by atomic mass is 10.8. The standard InChI is InChI=1S/C3H6.C2H4.CH4O.CH4/c1-3-2;2*1-2;/h3H,1H2,2H3;1-2H2;2H,1H3;1H4. The van der Waals surface area contributed by atoms with Crippen molar-refractivity contribution in [2.24, 2.45) is 0 Å². The van der Waals surface area contributed by atoms with Gasteiger partial charge in [0.1, 0.15) is 0 Å². The van der Waals surface area contributed by atoms with Crippen LogP contribution in [0.3, 0.4) is 0 Å². The van der Waals surface area contributed by atoms with Crippen molar-refractivity contribution in [1.29, 1.82) is 0 Å². The van der Waals surface area contributed by atoms with Crippen LogP contribution in [0.2, 0.25) is 0 Å². The highest BCUT2D eigenvalue weighted by Crippen LogP contribution is 1.38. The van der Waals surface area contributed by atoms with Crippen molar-refractivity contribution in [3.05, 3.63) is 25.8 Å². The van der Waals surface area contributed by atoms with E-state index < -0.39 is 0 Å². The smallest absolute Gasteiger partial charge is 0.0319 e. The van der Waals surface area contributed by atoms with E-state index in [4.69, 9.17) is 5.11 Å². The Labute approximate surface area is 53.4 Å². The van der Waals surface area contributed by atoms with Crippen LogP contribution in [-0.2, 0) is 0 Å². The van der Waals surface area contributed by atoms with Gasteiger partial charge in [0.25, 0.3) is 0 Å². The summed E-state index contributed by atoms with van der Waals surface area (Å²) in [6, 6.07) is 0. The van der Waals surface area contributed by atoms with Crippen molar-refractivity contribution in [2.45, 2.75) is 14.4 Å². The molecule has 0 radical (unpaired) electrons. The van der Waals surface area contributed by atoms with Crippen molar-refractivity contribution >= 4 is 0 Å². The van der Waals surface area contributed by atoms with Crippen molar-refractivity contribution < 1.29 is 5.11 Å². The molecule has 0 bridgehead atoms. The van der Waals surface area contributed by atoms with E-state index in [-0.39, 0.29) is 7.43 Å². The Morgan fingerprint density at radius 3 is 1.25 bits per heavy atom. The van der Waals surface area contributed by atoms with Gasteiger partial charge in [0, 0.05) is 7.11 Å². The van der Waals surface area contributed by atoms with Crippen LogP contribution in [-0.4, -0.2) is 12.2 Å². The quantitative estimate of drug-likeness (QED) is 0.484. The first-order valence-corrected chi connectivity index (χ1v) is 1.93. The SMILES string of the molecule is C.C=C.C=CC.CO. The van der Waals surface area contributed by atoms with Crippen LogP contribution < -0.4 is 0 Å². The fraction of sp³-hybridized carbons (Fsp3) is 0.429. The third-order valence-electron chi connectivity index (χ3n) is 0. The summed E-state index contributed by atoms with van der Waals surface area (Å²) in [5.41, 5.74) is 0. The number of aliphatic hydroxyl groups is 1. The highest BCUT2D eigenvalue weighted by atomic mass is 16.2. The molecule has 1 N–H and O–H groups in total. The number of aliphatic hydroxyl groups excluding tert-OH is 1. The zero-order valence-electron chi connectivity index (χ0n) is 5.15. The highest BCUT2D eigenvalue weighted by Gasteiger charge is 1.15. The molecule has 0 aromatic carbocycles. The number of hydrogen-bond acceptors (Lipinski definition) is 1. The van der Waals surface area contributed by atoms with E-state index in [0.717, 1.165) is 7.11 Å². The molecule has 8 heavy (non-hydrogen) atoms. The Kier molecular flexibility index (Phi) is 3210. The van der Waals surface area contributed by atoms with Crippen LogP contribution in [0.4, 0.5) is 0 Å². The van der Waals surface area contributed by atoms with Gasteiger partial charge in [-0.3, -0.25) is 0 Å². The van der Waals surface area contributed by atoms with Gasteiger partial charge in [-0.2, -0.15) is 0 Å². The Bertz CT molecular complexity index is 18.3. The first-order chi connectivity index (χ1) is 3.41. The maximum absolute atomic E-state index is 7.00. The maximum Gasteiger partial charge on any atom is 0.0319 e. The second-order valence-corrected chi connectivity index (χ2v) is 0.408. The first kappa shape index (κ1) is 26.1. The average molecular weight is 118 g/mol. The molecule has 1 nitrogen and oxygen atoms in total. The van der Waals surface area contributed by atoms with Crippen LogP contribution >= 0.6 is 0 Å². The molecule has 0 rings (SSSR count). The molecule has 0 aliphatic heterocycles. The molecule has 52 valence electrons. The van der Waals surface area contributed by atoms with Gasteiger partial charge < -0.3 is 5.11 Å². The number of allylic oxidation sites excluding steroid dienone is 1. The van der Waals surface area contributed by atoms with Crippen LogP contribution in [0.1, 0.15) is 14.4 Å². The summed E-state index contributed by atoms with van der Waals surface area (Å²) in [7, 11) is 1.00. The molecule has 0 aliphatic carbocycles. The van der Waals surface area contributed by atoms with Gasteiger partial charge in [0.15, 0.2) is 0 Å². The zero-order chi connectivity index (χ0) is 6.71. The molecular formula is C7H18O. The average Bonchev–Trinajstić information content (AvgIpc) is 1.78. The molecule has 0 fully saturated rings. The minimum absolute atomic E-state index is 0. The molecule has 1 heteroatoms. The fourth-order valence-electron chi connectivity index (χ4n) is 0. The van der Waals surface area contributed by atoms with Crippen molar-refractivity contribution in [1.82, 2.24) is 0 Å². The molecule has 0 aliphatic rings. The van der Waals surface area contributed by atoms with E-state index in [9.17, 15) is 0 Å². The lowest BCUT2D eigenvalue weighted by Gasteiger charge is -1.31. The normalized spacial score (nSPS) is 2.88. The van der Waals surface area contributed by atoms with E-state index >= 15 is 0 Å². The fourth-order valence-corrected chi connectivity index (χ4v) is 0. The third-order valence-corrected chi connectivity index (χ3v) is 0. The zero-order valence-corrected chi connectivity index (χ0v) is 5.15. The van der Waals surface area contributed by atoms with E-state index in [1.165, 1.54) is 0 Å². The monoisotopic (exact) mass is 118 g/mol. The molecule has 0 spiro atoms. The predicted octanol–water partition coefficient (Wildman–Crippen LogP) is 2.24. The first-order valence-electron chi connectivity index (χ1n) is 1.93. The van der Waals surface area contributed by atoms with Gasteiger partial charge in [-0.15, -0.1) is 19.7 Å². The van der Waals surface area contributed by atoms with Gasteiger partial charge in [-0.05, 0) is 6.92 Å². The largest absolute Gasteiger partial charge is 0.400 e. The molecule has 0 saturated carbocycles. The predicted molar refractivity (Wildman–Crippen MR) is 42.0 cm³/mol. The van der Waals surface area contributed by atoms with Crippen LogP contribution in [0.15, 0.2) is 25.8 Å². The Morgan fingerprint density at radius 2 is 1.25 bits per heavy atom. The van der Waals surface area contributed by atoms with Gasteiger partial charge >= 0.3 is 0 Å². The molecular weight excluding hydrogens is 100 g/mol. The lowest BCUT2D eigenvalue weighted by Crippen LogP contribution is -1.25. The van der Waals surface area contributed by atoms with E-state index in [0.29, 0.717) is 0 Å². The minimum atomic E-state index is 0. The Hall–Kier alpha value is -0.560. The summed E-state index contributed by atoms with van der Waals surface area (Å²) < 4.78 is 0. The summed E-state index contributed by atoms with van der Waals surface area (Å²) >= 11 is 0. The van der Waals surface area contributed by atoms with Gasteiger partial charge in [0.2, 0.25) is 0 Å². The number of rotatable bonds is 0. The van der Waals surface area contributed by atoms with Crippen molar-refractivity contribution in [2.75, 3.05) is 7.11 Å². The van der Waals surface area contributed by atoms with Gasteiger partial charge in [0.05, 0.1) is 0 Å².